The summed E-state index contributed by atoms with van der Waals surface area (Å²) in [5.74, 6) is -20.8. The van der Waals surface area contributed by atoms with E-state index in [0.29, 0.717) is 6.92 Å². The first kappa shape index (κ1) is 75.5. The lowest BCUT2D eigenvalue weighted by atomic mass is 9.85. The van der Waals surface area contributed by atoms with Crippen LogP contribution < -0.4 is 0 Å². The van der Waals surface area contributed by atoms with E-state index >= 15 is 0 Å². The maximum Gasteiger partial charge on any atom is 0.437 e. The number of rotatable bonds is 18. The van der Waals surface area contributed by atoms with Crippen molar-refractivity contribution >= 4 is 0 Å². The normalized spacial score (nSPS) is 30.8. The zero-order valence-corrected chi connectivity index (χ0v) is 42.2. The summed E-state index contributed by atoms with van der Waals surface area (Å²) in [6, 6.07) is 0. The van der Waals surface area contributed by atoms with Gasteiger partial charge in [-0.3, -0.25) is 0 Å². The van der Waals surface area contributed by atoms with Gasteiger partial charge in [-0.05, 0) is 47.0 Å². The van der Waals surface area contributed by atoms with Gasteiger partial charge in [-0.15, -0.1) is 0 Å². The van der Waals surface area contributed by atoms with Crippen molar-refractivity contribution in [1.29, 1.82) is 0 Å². The molecule has 43 heteroatoms. The van der Waals surface area contributed by atoms with Crippen LogP contribution in [0.25, 0.3) is 0 Å². The molecule has 0 spiro atoms. The summed E-state index contributed by atoms with van der Waals surface area (Å²) in [5.41, 5.74) is -24.8. The van der Waals surface area contributed by atoms with Gasteiger partial charge >= 0.3 is 84.4 Å². The van der Waals surface area contributed by atoms with Gasteiger partial charge < -0.3 is 42.6 Å². The Morgan fingerprint density at radius 1 is 0.369 bits per heavy atom. The summed E-state index contributed by atoms with van der Waals surface area (Å²) in [6.45, 7) is -3.32. The molecule has 0 bridgehead atoms. The van der Waals surface area contributed by atoms with E-state index < -0.39 is 228 Å². The first-order chi connectivity index (χ1) is 37.0. The highest BCUT2D eigenvalue weighted by Gasteiger charge is 2.87. The summed E-state index contributed by atoms with van der Waals surface area (Å²) >= 11 is 0. The van der Waals surface area contributed by atoms with Gasteiger partial charge in [0.2, 0.25) is 11.6 Å². The number of hydrogen-bond acceptors (Lipinski definition) is 9. The molecular formula is C41H44F34O9. The van der Waals surface area contributed by atoms with Crippen LogP contribution >= 0.6 is 0 Å². The molecule has 4 saturated heterocycles. The van der Waals surface area contributed by atoms with E-state index in [4.69, 9.17) is 9.47 Å². The summed E-state index contributed by atoms with van der Waals surface area (Å²) < 4.78 is 496. The molecule has 500 valence electrons. The standard InChI is InChI=1S/C21H20F20O4.C20H24F14O5/c1-8-9(15(23,24)25)7-13(44-8,17(29,20(36,37)38)21(39,40)41)43-5-3-4-42-12(2)6-10(16(26,27)28)11(45-12)14(22,18(30,31)32)19(33,34)35;1-11-3-6-14(38-11,16(22,19(29,30)31)20(32,33)34)37-10-8-35-7-9-36-13(2)5-4-12(39-13)15(21,17(23,24)25)18(26,27)28/h8-11H,3-7H2,1-2H3;11-12H,3-10H2,1-2H3. The van der Waals surface area contributed by atoms with Gasteiger partial charge in [-0.1, -0.05) is 0 Å². The highest BCUT2D eigenvalue weighted by Crippen LogP contribution is 2.63. The van der Waals surface area contributed by atoms with E-state index in [1.54, 1.807) is 0 Å². The van der Waals surface area contributed by atoms with Crippen LogP contribution in [-0.4, -0.2) is 172 Å². The molecule has 0 radical (unpaired) electrons. The molecule has 0 aromatic heterocycles. The molecule has 4 aliphatic heterocycles. The molecule has 0 saturated carbocycles. The van der Waals surface area contributed by atoms with Crippen LogP contribution in [-0.2, 0) is 42.6 Å². The van der Waals surface area contributed by atoms with Gasteiger partial charge in [0.25, 0.3) is 0 Å². The Balaban J connectivity index is 0.000000445. The first-order valence-electron chi connectivity index (χ1n) is 23.3. The third kappa shape index (κ3) is 14.5. The molecular weight excluding hydrogens is 1280 g/mol. The predicted molar refractivity (Wildman–Crippen MR) is 203 cm³/mol. The van der Waals surface area contributed by atoms with Crippen molar-refractivity contribution in [2.24, 2.45) is 11.8 Å². The summed E-state index contributed by atoms with van der Waals surface area (Å²) in [7, 11) is 0. The highest BCUT2D eigenvalue weighted by molar-refractivity contribution is 5.13. The molecule has 10 unspecified atom stereocenters. The summed E-state index contributed by atoms with van der Waals surface area (Å²) in [5, 5.41) is 0. The topological polar surface area (TPSA) is 83.1 Å². The Hall–Kier alpha value is -2.74. The fraction of sp³-hybridized carbons (Fsp3) is 1.00. The third-order valence-corrected chi connectivity index (χ3v) is 13.5. The number of ether oxygens (including phenoxy) is 9. The van der Waals surface area contributed by atoms with Crippen LogP contribution in [0.2, 0.25) is 0 Å². The molecule has 0 aromatic carbocycles. The Morgan fingerprint density at radius 2 is 0.762 bits per heavy atom. The average molecular weight is 1330 g/mol. The lowest BCUT2D eigenvalue weighted by Crippen LogP contribution is -2.69. The van der Waals surface area contributed by atoms with Gasteiger partial charge in [0.05, 0.1) is 63.7 Å². The van der Waals surface area contributed by atoms with Gasteiger partial charge in [-0.25, -0.2) is 17.6 Å². The van der Waals surface area contributed by atoms with Gasteiger partial charge in [0.15, 0.2) is 11.6 Å². The second-order valence-corrected chi connectivity index (χ2v) is 19.5. The molecule has 4 rings (SSSR count). The number of hydrogen-bond donors (Lipinski definition) is 0. The van der Waals surface area contributed by atoms with Crippen molar-refractivity contribution in [2.45, 2.75) is 205 Å². The molecule has 0 aromatic rings. The first-order valence-corrected chi connectivity index (χ1v) is 23.3. The van der Waals surface area contributed by atoms with Gasteiger partial charge in [-0.2, -0.15) is 132 Å². The van der Waals surface area contributed by atoms with Crippen LogP contribution in [0.15, 0.2) is 0 Å². The summed E-state index contributed by atoms with van der Waals surface area (Å²) in [4.78, 5) is 0. The minimum Gasteiger partial charge on any atom is -0.377 e. The second kappa shape index (κ2) is 23.9. The number of halogens is 34. The summed E-state index contributed by atoms with van der Waals surface area (Å²) in [6.07, 6.45) is -85.1. The minimum atomic E-state index is -7.03. The zero-order valence-electron chi connectivity index (χ0n) is 42.2. The van der Waals surface area contributed by atoms with E-state index in [2.05, 4.69) is 33.2 Å². The smallest absolute Gasteiger partial charge is 0.377 e. The fourth-order valence-corrected chi connectivity index (χ4v) is 9.28. The van der Waals surface area contributed by atoms with Crippen LogP contribution in [0.3, 0.4) is 0 Å². The second-order valence-electron chi connectivity index (χ2n) is 19.5. The van der Waals surface area contributed by atoms with Crippen molar-refractivity contribution in [2.75, 3.05) is 39.6 Å². The monoisotopic (exact) mass is 1330 g/mol. The Bertz CT molecular complexity index is 2090. The maximum atomic E-state index is 15.0. The predicted octanol–water partition coefficient (Wildman–Crippen LogP) is 14.9. The minimum absolute atomic E-state index is 0.289. The van der Waals surface area contributed by atoms with E-state index in [0.717, 1.165) is 13.8 Å². The van der Waals surface area contributed by atoms with Crippen molar-refractivity contribution in [1.82, 2.24) is 0 Å². The molecule has 0 aliphatic carbocycles. The quantitative estimate of drug-likeness (QED) is 0.0984. The Labute approximate surface area is 448 Å². The van der Waals surface area contributed by atoms with E-state index in [1.165, 1.54) is 0 Å². The number of alkyl halides is 34. The Morgan fingerprint density at radius 3 is 1.14 bits per heavy atom. The van der Waals surface area contributed by atoms with Gasteiger partial charge in [0, 0.05) is 25.7 Å². The highest BCUT2D eigenvalue weighted by atomic mass is 19.5. The molecule has 4 aliphatic rings. The molecule has 4 fully saturated rings. The van der Waals surface area contributed by atoms with Gasteiger partial charge in [0.1, 0.15) is 12.2 Å². The lowest BCUT2D eigenvalue weighted by molar-refractivity contribution is -0.437. The van der Waals surface area contributed by atoms with E-state index in [1.807, 2.05) is 0 Å². The molecule has 10 atom stereocenters. The van der Waals surface area contributed by atoms with Crippen LogP contribution in [0, 0.1) is 11.8 Å². The van der Waals surface area contributed by atoms with Crippen molar-refractivity contribution in [3.05, 3.63) is 0 Å². The van der Waals surface area contributed by atoms with Crippen molar-refractivity contribution in [3.8, 4) is 0 Å². The molecule has 84 heavy (non-hydrogen) atoms. The SMILES string of the molecule is CC1CCC(OCCOCCOC2(C)CCC(C(F)(C(F)(F)F)C(F)(F)F)O2)(C(F)(C(F)(F)F)C(F)(F)F)O1.CC1OC(OCCCOC2(C)CC(C(F)(F)F)C(C(F)(C(F)(F)F)C(F)(F)F)O2)(C(F)(C(F)(F)F)C(F)(F)F)CC1C(F)(F)F. The van der Waals surface area contributed by atoms with E-state index in [-0.39, 0.29) is 6.92 Å². The van der Waals surface area contributed by atoms with E-state index in [9.17, 15) is 149 Å². The average Bonchev–Trinajstić information content (AvgIpc) is 1.57. The molecule has 9 nitrogen and oxygen atoms in total. The van der Waals surface area contributed by atoms with Crippen LogP contribution in [0.4, 0.5) is 149 Å². The van der Waals surface area contributed by atoms with Crippen molar-refractivity contribution in [3.63, 3.8) is 0 Å². The zero-order chi connectivity index (χ0) is 66.0. The third-order valence-electron chi connectivity index (χ3n) is 13.5. The fourth-order valence-electron chi connectivity index (χ4n) is 9.28. The molecule has 0 amide bonds. The maximum absolute atomic E-state index is 15.0. The largest absolute Gasteiger partial charge is 0.437 e. The van der Waals surface area contributed by atoms with Crippen molar-refractivity contribution < 1.29 is 192 Å². The molecule has 4 heterocycles. The van der Waals surface area contributed by atoms with Crippen LogP contribution in [0.1, 0.15) is 72.6 Å². The van der Waals surface area contributed by atoms with Crippen LogP contribution in [0.5, 0.6) is 0 Å². The Kier molecular flexibility index (Phi) is 21.5. The molecule has 0 N–H and O–H groups in total. The lowest BCUT2D eigenvalue weighted by Gasteiger charge is -2.43.